The summed E-state index contributed by atoms with van der Waals surface area (Å²) in [6.07, 6.45) is 2.26. The molecule has 3 N–H and O–H groups in total. The van der Waals surface area contributed by atoms with E-state index < -0.39 is 0 Å². The lowest BCUT2D eigenvalue weighted by atomic mass is 10.0. The Balaban J connectivity index is 1.99. The summed E-state index contributed by atoms with van der Waals surface area (Å²) in [6, 6.07) is 8.68. The van der Waals surface area contributed by atoms with Crippen molar-refractivity contribution >= 4 is 0 Å². The first kappa shape index (κ1) is 12.6. The second-order valence-corrected chi connectivity index (χ2v) is 5.54. The molecule has 0 spiro atoms. The molecule has 3 nitrogen and oxygen atoms in total. The zero-order valence-electron chi connectivity index (χ0n) is 10.6. The monoisotopic (exact) mass is 235 g/mol. The number of hydrogen-bond donors (Lipinski definition) is 2. The van der Waals surface area contributed by atoms with Crippen LogP contribution in [-0.2, 0) is 13.2 Å². The van der Waals surface area contributed by atoms with Crippen LogP contribution in [0, 0.1) is 0 Å². The minimum Gasteiger partial charge on any atom is -0.392 e. The van der Waals surface area contributed by atoms with E-state index in [9.17, 15) is 0 Å². The molecule has 1 aliphatic rings. The van der Waals surface area contributed by atoms with Crippen LogP contribution in [0.3, 0.4) is 0 Å². The molecule has 1 aliphatic heterocycles. The molecule has 1 heterocycles. The van der Waals surface area contributed by atoms with Crippen molar-refractivity contribution in [3.05, 3.63) is 35.4 Å². The van der Waals surface area contributed by atoms with Gasteiger partial charge in [0.05, 0.1) is 26.7 Å². The van der Waals surface area contributed by atoms with Gasteiger partial charge < -0.3 is 15.3 Å². The molecule has 0 saturated carbocycles. The summed E-state index contributed by atoms with van der Waals surface area (Å²) < 4.78 is 1.09. The standard InChI is InChI=1S/C14H23N2O/c1-16(8-6-14(15)7-9-16)10-12-2-4-13(11-17)5-3-12/h2-5,14,17H,6-11,15H2,1H3/q+1. The second kappa shape index (κ2) is 5.17. The second-order valence-electron chi connectivity index (χ2n) is 5.54. The molecule has 0 aromatic heterocycles. The maximum atomic E-state index is 9.01. The van der Waals surface area contributed by atoms with E-state index in [-0.39, 0.29) is 6.61 Å². The first-order valence-electron chi connectivity index (χ1n) is 6.39. The fourth-order valence-corrected chi connectivity index (χ4v) is 2.56. The Kier molecular flexibility index (Phi) is 3.82. The lowest BCUT2D eigenvalue weighted by molar-refractivity contribution is -0.927. The lowest BCUT2D eigenvalue weighted by Crippen LogP contribution is -2.51. The van der Waals surface area contributed by atoms with E-state index in [0.29, 0.717) is 6.04 Å². The molecular formula is C14H23N2O+. The van der Waals surface area contributed by atoms with Gasteiger partial charge in [-0.05, 0) is 5.56 Å². The van der Waals surface area contributed by atoms with Gasteiger partial charge in [-0.3, -0.25) is 0 Å². The van der Waals surface area contributed by atoms with E-state index in [1.807, 2.05) is 12.1 Å². The minimum atomic E-state index is 0.126. The first-order valence-corrected chi connectivity index (χ1v) is 6.39. The van der Waals surface area contributed by atoms with E-state index in [1.165, 1.54) is 18.7 Å². The average Bonchev–Trinajstić information content (AvgIpc) is 2.34. The highest BCUT2D eigenvalue weighted by Crippen LogP contribution is 2.20. The fraction of sp³-hybridized carbons (Fsp3) is 0.571. The molecule has 0 atom stereocenters. The van der Waals surface area contributed by atoms with Gasteiger partial charge >= 0.3 is 0 Å². The van der Waals surface area contributed by atoms with Crippen LogP contribution >= 0.6 is 0 Å². The molecule has 2 rings (SSSR count). The van der Waals surface area contributed by atoms with Crippen LogP contribution in [0.2, 0.25) is 0 Å². The highest BCUT2D eigenvalue weighted by molar-refractivity contribution is 5.21. The van der Waals surface area contributed by atoms with Crippen LogP contribution in [0.4, 0.5) is 0 Å². The molecule has 17 heavy (non-hydrogen) atoms. The number of piperidine rings is 1. The Morgan fingerprint density at radius 1 is 1.18 bits per heavy atom. The van der Waals surface area contributed by atoms with E-state index in [4.69, 9.17) is 10.8 Å². The Hall–Kier alpha value is -0.900. The molecule has 0 aliphatic carbocycles. The van der Waals surface area contributed by atoms with Crippen LogP contribution < -0.4 is 5.73 Å². The van der Waals surface area contributed by atoms with Crippen LogP contribution in [0.15, 0.2) is 24.3 Å². The highest BCUT2D eigenvalue weighted by Gasteiger charge is 2.28. The first-order chi connectivity index (χ1) is 8.11. The molecule has 1 aromatic rings. The molecule has 1 saturated heterocycles. The summed E-state index contributed by atoms with van der Waals surface area (Å²) in [6.45, 7) is 3.53. The van der Waals surface area contributed by atoms with Crippen molar-refractivity contribution in [2.75, 3.05) is 20.1 Å². The summed E-state index contributed by atoms with van der Waals surface area (Å²) >= 11 is 0. The topological polar surface area (TPSA) is 46.2 Å². The Bertz CT molecular complexity index is 353. The average molecular weight is 235 g/mol. The number of aliphatic hydroxyl groups is 1. The maximum absolute atomic E-state index is 9.01. The number of likely N-dealkylation sites (tertiary alicyclic amines) is 1. The zero-order chi connectivity index (χ0) is 12.3. The van der Waals surface area contributed by atoms with Crippen molar-refractivity contribution in [3.63, 3.8) is 0 Å². The van der Waals surface area contributed by atoms with Crippen LogP contribution in [0.1, 0.15) is 24.0 Å². The molecule has 0 amide bonds. The van der Waals surface area contributed by atoms with Crippen molar-refractivity contribution in [3.8, 4) is 0 Å². The van der Waals surface area contributed by atoms with Crippen molar-refractivity contribution in [2.45, 2.75) is 32.0 Å². The predicted octanol–water partition coefficient (Wildman–Crippen LogP) is 1.25. The Labute approximate surface area is 103 Å². The number of aliphatic hydroxyl groups excluding tert-OH is 1. The van der Waals surface area contributed by atoms with Gasteiger partial charge in [-0.15, -0.1) is 0 Å². The van der Waals surface area contributed by atoms with Crippen molar-refractivity contribution in [1.82, 2.24) is 0 Å². The van der Waals surface area contributed by atoms with Crippen LogP contribution in [0.5, 0.6) is 0 Å². The van der Waals surface area contributed by atoms with Gasteiger partial charge in [-0.2, -0.15) is 0 Å². The van der Waals surface area contributed by atoms with E-state index >= 15 is 0 Å². The smallest absolute Gasteiger partial charge is 0.104 e. The van der Waals surface area contributed by atoms with Gasteiger partial charge in [-0.1, -0.05) is 24.3 Å². The van der Waals surface area contributed by atoms with Gasteiger partial charge in [0.25, 0.3) is 0 Å². The lowest BCUT2D eigenvalue weighted by Gasteiger charge is -2.39. The Morgan fingerprint density at radius 3 is 2.24 bits per heavy atom. The summed E-state index contributed by atoms with van der Waals surface area (Å²) in [5.41, 5.74) is 8.28. The molecular weight excluding hydrogens is 212 g/mol. The van der Waals surface area contributed by atoms with Crippen molar-refractivity contribution in [1.29, 1.82) is 0 Å². The number of hydrogen-bond acceptors (Lipinski definition) is 2. The van der Waals surface area contributed by atoms with E-state index in [2.05, 4.69) is 19.2 Å². The predicted molar refractivity (Wildman–Crippen MR) is 69.2 cm³/mol. The maximum Gasteiger partial charge on any atom is 0.104 e. The zero-order valence-corrected chi connectivity index (χ0v) is 10.6. The summed E-state index contributed by atoms with van der Waals surface area (Å²) in [5, 5.41) is 9.01. The van der Waals surface area contributed by atoms with Gasteiger partial charge in [0.15, 0.2) is 0 Å². The van der Waals surface area contributed by atoms with Gasteiger partial charge in [0.1, 0.15) is 6.54 Å². The number of quaternary nitrogens is 1. The number of nitrogens with zero attached hydrogens (tertiary/aromatic N) is 1. The van der Waals surface area contributed by atoms with Crippen molar-refractivity contribution in [2.24, 2.45) is 5.73 Å². The number of benzene rings is 1. The number of nitrogens with two attached hydrogens (primary N) is 1. The van der Waals surface area contributed by atoms with Crippen LogP contribution in [0.25, 0.3) is 0 Å². The quantitative estimate of drug-likeness (QED) is 0.775. The third-order valence-corrected chi connectivity index (χ3v) is 3.85. The molecule has 1 fully saturated rings. The normalized spacial score (nSPS) is 29.2. The van der Waals surface area contributed by atoms with E-state index in [0.717, 1.165) is 29.4 Å². The van der Waals surface area contributed by atoms with Crippen molar-refractivity contribution < 1.29 is 9.59 Å². The third kappa shape index (κ3) is 3.28. The Morgan fingerprint density at radius 2 is 1.71 bits per heavy atom. The highest BCUT2D eigenvalue weighted by atomic mass is 16.3. The molecule has 3 heteroatoms. The van der Waals surface area contributed by atoms with E-state index in [1.54, 1.807) is 0 Å². The van der Waals surface area contributed by atoms with Gasteiger partial charge in [0, 0.05) is 24.4 Å². The number of rotatable bonds is 3. The van der Waals surface area contributed by atoms with Gasteiger partial charge in [0.2, 0.25) is 0 Å². The summed E-state index contributed by atoms with van der Waals surface area (Å²) in [7, 11) is 2.31. The van der Waals surface area contributed by atoms with Crippen LogP contribution in [-0.4, -0.2) is 35.8 Å². The summed E-state index contributed by atoms with van der Waals surface area (Å²) in [4.78, 5) is 0. The molecule has 94 valence electrons. The molecule has 1 aromatic carbocycles. The largest absolute Gasteiger partial charge is 0.392 e. The minimum absolute atomic E-state index is 0.126. The molecule has 0 unspecified atom stereocenters. The molecule has 0 radical (unpaired) electrons. The van der Waals surface area contributed by atoms with Gasteiger partial charge in [-0.25, -0.2) is 0 Å². The third-order valence-electron chi connectivity index (χ3n) is 3.85. The SMILES string of the molecule is C[N+]1(Cc2ccc(CO)cc2)CCC(N)CC1. The summed E-state index contributed by atoms with van der Waals surface area (Å²) in [5.74, 6) is 0. The fourth-order valence-electron chi connectivity index (χ4n) is 2.56. The molecule has 0 bridgehead atoms.